The number of alkyl carbamates (subject to hydrolysis) is 1. The van der Waals surface area contributed by atoms with E-state index in [-0.39, 0.29) is 12.1 Å². The van der Waals surface area contributed by atoms with E-state index in [0.29, 0.717) is 18.2 Å². The van der Waals surface area contributed by atoms with Crippen molar-refractivity contribution in [1.82, 2.24) is 30.2 Å². The predicted octanol–water partition coefficient (Wildman–Crippen LogP) is 2.84. The van der Waals surface area contributed by atoms with Gasteiger partial charge in [0.15, 0.2) is 11.6 Å². The highest BCUT2D eigenvalue weighted by Gasteiger charge is 2.28. The smallest absolute Gasteiger partial charge is 0.407 e. The molecule has 146 valence electrons. The molecule has 8 nitrogen and oxygen atoms in total. The number of hydrogen-bond donors (Lipinski definition) is 2. The summed E-state index contributed by atoms with van der Waals surface area (Å²) in [7, 11) is 0. The summed E-state index contributed by atoms with van der Waals surface area (Å²) in [4.78, 5) is 30.7. The number of hydrogen-bond acceptors (Lipinski definition) is 6. The Morgan fingerprint density at radius 2 is 2.22 bits per heavy atom. The summed E-state index contributed by atoms with van der Waals surface area (Å²) >= 11 is 0. The average Bonchev–Trinajstić information content (AvgIpc) is 3.24. The van der Waals surface area contributed by atoms with Crippen LogP contribution in [0, 0.1) is 6.92 Å². The van der Waals surface area contributed by atoms with E-state index in [9.17, 15) is 4.79 Å². The number of carbonyl (C=O) groups is 1. The molecule has 0 radical (unpaired) electrons. The first-order valence-electron chi connectivity index (χ1n) is 9.38. The van der Waals surface area contributed by atoms with Crippen molar-refractivity contribution in [3.05, 3.63) is 29.8 Å². The Bertz CT molecular complexity index is 769. The predicted molar refractivity (Wildman–Crippen MR) is 102 cm³/mol. The Labute approximate surface area is 159 Å². The lowest BCUT2D eigenvalue weighted by atomic mass is 10.1. The van der Waals surface area contributed by atoms with Crippen LogP contribution in [0.2, 0.25) is 0 Å². The van der Waals surface area contributed by atoms with Crippen LogP contribution in [0.1, 0.15) is 51.0 Å². The molecule has 3 heterocycles. The molecular weight excluding hydrogens is 344 g/mol. The molecule has 0 aromatic carbocycles. The number of carbonyl (C=O) groups excluding carboxylic acids is 1. The van der Waals surface area contributed by atoms with E-state index in [0.717, 1.165) is 37.3 Å². The zero-order valence-corrected chi connectivity index (χ0v) is 16.5. The minimum absolute atomic E-state index is 0.223. The van der Waals surface area contributed by atoms with Gasteiger partial charge in [0.1, 0.15) is 5.60 Å². The maximum absolute atomic E-state index is 11.8. The van der Waals surface area contributed by atoms with Gasteiger partial charge in [0, 0.05) is 31.2 Å². The van der Waals surface area contributed by atoms with E-state index < -0.39 is 5.60 Å². The van der Waals surface area contributed by atoms with Crippen molar-refractivity contribution >= 4 is 6.09 Å². The van der Waals surface area contributed by atoms with Crippen LogP contribution in [0.15, 0.2) is 18.5 Å². The maximum Gasteiger partial charge on any atom is 0.407 e. The lowest BCUT2D eigenvalue weighted by molar-refractivity contribution is 0.0521. The van der Waals surface area contributed by atoms with E-state index in [1.54, 1.807) is 12.4 Å². The minimum atomic E-state index is -0.485. The SMILES string of the molecule is Cc1cc(C2CCCN2CCNC(=O)OC(C)(C)C)nc(-c2ncc[nH]2)n1. The average molecular weight is 372 g/mol. The van der Waals surface area contributed by atoms with Gasteiger partial charge in [-0.3, -0.25) is 4.90 Å². The molecule has 1 amide bonds. The summed E-state index contributed by atoms with van der Waals surface area (Å²) in [5.41, 5.74) is 1.44. The van der Waals surface area contributed by atoms with Crippen LogP contribution in [-0.2, 0) is 4.74 Å². The van der Waals surface area contributed by atoms with Gasteiger partial charge in [-0.2, -0.15) is 0 Å². The molecule has 2 N–H and O–H groups in total. The molecule has 1 saturated heterocycles. The summed E-state index contributed by atoms with van der Waals surface area (Å²) in [6.07, 6.45) is 5.24. The molecule has 1 fully saturated rings. The lowest BCUT2D eigenvalue weighted by Gasteiger charge is -2.25. The second-order valence-corrected chi connectivity index (χ2v) is 7.82. The minimum Gasteiger partial charge on any atom is -0.444 e. The number of H-pyrrole nitrogens is 1. The number of aromatic amines is 1. The first-order chi connectivity index (χ1) is 12.8. The van der Waals surface area contributed by atoms with Gasteiger partial charge in [-0.15, -0.1) is 0 Å². The van der Waals surface area contributed by atoms with Gasteiger partial charge >= 0.3 is 6.09 Å². The third kappa shape index (κ3) is 5.26. The number of nitrogens with zero attached hydrogens (tertiary/aromatic N) is 4. The highest BCUT2D eigenvalue weighted by atomic mass is 16.6. The number of nitrogens with one attached hydrogen (secondary N) is 2. The zero-order chi connectivity index (χ0) is 19.4. The molecule has 2 aromatic rings. The number of aryl methyl sites for hydroxylation is 1. The fourth-order valence-corrected chi connectivity index (χ4v) is 3.30. The molecule has 1 aliphatic rings. The van der Waals surface area contributed by atoms with E-state index >= 15 is 0 Å². The van der Waals surface area contributed by atoms with Gasteiger partial charge in [-0.1, -0.05) is 0 Å². The Kier molecular flexibility index (Phi) is 5.74. The maximum atomic E-state index is 11.8. The number of likely N-dealkylation sites (tertiary alicyclic amines) is 1. The molecule has 1 atom stereocenters. The first-order valence-corrected chi connectivity index (χ1v) is 9.38. The van der Waals surface area contributed by atoms with Gasteiger partial charge in [0.25, 0.3) is 0 Å². The molecule has 0 aliphatic carbocycles. The molecule has 0 saturated carbocycles. The van der Waals surface area contributed by atoms with Gasteiger partial charge in [0.2, 0.25) is 0 Å². The molecular formula is C19H28N6O2. The van der Waals surface area contributed by atoms with E-state index in [1.165, 1.54) is 0 Å². The van der Waals surface area contributed by atoms with Gasteiger partial charge in [-0.05, 0) is 53.1 Å². The van der Waals surface area contributed by atoms with E-state index in [2.05, 4.69) is 25.2 Å². The third-order valence-corrected chi connectivity index (χ3v) is 4.36. The van der Waals surface area contributed by atoms with Crippen molar-refractivity contribution in [2.24, 2.45) is 0 Å². The fraction of sp³-hybridized carbons (Fsp3) is 0.579. The standard InChI is InChI=1S/C19H28N6O2/c1-13-12-14(24-17(23-13)16-20-7-8-21-16)15-6-5-10-25(15)11-9-22-18(26)27-19(2,3)4/h7-8,12,15H,5-6,9-11H2,1-4H3,(H,20,21)(H,22,26). The summed E-state index contributed by atoms with van der Waals surface area (Å²) in [5, 5.41) is 2.83. The third-order valence-electron chi connectivity index (χ3n) is 4.36. The number of amides is 1. The van der Waals surface area contributed by atoms with Crippen molar-refractivity contribution < 1.29 is 9.53 Å². The first kappa shape index (κ1) is 19.3. The Hall–Kier alpha value is -2.48. The second kappa shape index (κ2) is 8.04. The normalized spacial score (nSPS) is 17.9. The molecule has 0 bridgehead atoms. The van der Waals surface area contributed by atoms with Crippen LogP contribution in [0.3, 0.4) is 0 Å². The van der Waals surface area contributed by atoms with Gasteiger partial charge < -0.3 is 15.0 Å². The molecule has 1 unspecified atom stereocenters. The summed E-state index contributed by atoms with van der Waals surface area (Å²) in [5.74, 6) is 1.30. The van der Waals surface area contributed by atoms with Crippen LogP contribution in [-0.4, -0.2) is 56.2 Å². The highest BCUT2D eigenvalue weighted by molar-refractivity contribution is 5.67. The second-order valence-electron chi connectivity index (χ2n) is 7.82. The lowest BCUT2D eigenvalue weighted by Crippen LogP contribution is -2.38. The molecule has 27 heavy (non-hydrogen) atoms. The molecule has 0 spiro atoms. The van der Waals surface area contributed by atoms with Crippen LogP contribution < -0.4 is 5.32 Å². The largest absolute Gasteiger partial charge is 0.444 e. The Morgan fingerprint density at radius 3 is 2.93 bits per heavy atom. The van der Waals surface area contributed by atoms with Gasteiger partial charge in [-0.25, -0.2) is 19.7 Å². The molecule has 1 aliphatic heterocycles. The number of ether oxygens (including phenoxy) is 1. The number of aromatic nitrogens is 4. The summed E-state index contributed by atoms with van der Waals surface area (Å²) < 4.78 is 5.29. The van der Waals surface area contributed by atoms with Gasteiger partial charge in [0.05, 0.1) is 11.7 Å². The van der Waals surface area contributed by atoms with Crippen molar-refractivity contribution in [3.8, 4) is 11.6 Å². The molecule has 2 aromatic heterocycles. The van der Waals surface area contributed by atoms with Crippen LogP contribution in [0.4, 0.5) is 4.79 Å². The quantitative estimate of drug-likeness (QED) is 0.838. The Morgan fingerprint density at radius 1 is 1.41 bits per heavy atom. The number of rotatable bonds is 5. The van der Waals surface area contributed by atoms with Crippen molar-refractivity contribution in [2.45, 2.75) is 52.2 Å². The number of imidazole rings is 1. The van der Waals surface area contributed by atoms with Crippen molar-refractivity contribution in [2.75, 3.05) is 19.6 Å². The summed E-state index contributed by atoms with van der Waals surface area (Å²) in [6, 6.07) is 2.26. The summed E-state index contributed by atoms with van der Waals surface area (Å²) in [6.45, 7) is 9.83. The monoisotopic (exact) mass is 372 g/mol. The molecule has 8 heteroatoms. The van der Waals surface area contributed by atoms with E-state index in [1.807, 2.05) is 33.8 Å². The van der Waals surface area contributed by atoms with Crippen molar-refractivity contribution in [1.29, 1.82) is 0 Å². The van der Waals surface area contributed by atoms with Crippen LogP contribution >= 0.6 is 0 Å². The van der Waals surface area contributed by atoms with Crippen molar-refractivity contribution in [3.63, 3.8) is 0 Å². The van der Waals surface area contributed by atoms with Crippen LogP contribution in [0.5, 0.6) is 0 Å². The van der Waals surface area contributed by atoms with Crippen LogP contribution in [0.25, 0.3) is 11.6 Å². The zero-order valence-electron chi connectivity index (χ0n) is 16.5. The highest BCUT2D eigenvalue weighted by Crippen LogP contribution is 2.31. The fourth-order valence-electron chi connectivity index (χ4n) is 3.30. The Balaban J connectivity index is 1.64. The topological polar surface area (TPSA) is 96.0 Å². The molecule has 3 rings (SSSR count). The van der Waals surface area contributed by atoms with E-state index in [4.69, 9.17) is 9.72 Å².